The Bertz CT molecular complexity index is 476. The number of nitrogens with one attached hydrogen (secondary N) is 1. The van der Waals surface area contributed by atoms with Crippen molar-refractivity contribution >= 4 is 16.5 Å². The highest BCUT2D eigenvalue weighted by Gasteiger charge is 2.13. The average Bonchev–Trinajstić information content (AvgIpc) is 2.30. The van der Waals surface area contributed by atoms with E-state index in [4.69, 9.17) is 5.26 Å². The van der Waals surface area contributed by atoms with Gasteiger partial charge in [-0.25, -0.2) is 8.78 Å². The van der Waals surface area contributed by atoms with Crippen molar-refractivity contribution in [1.29, 1.82) is 5.26 Å². The highest BCUT2D eigenvalue weighted by molar-refractivity contribution is 7.84. The van der Waals surface area contributed by atoms with Gasteiger partial charge in [0, 0.05) is 28.9 Å². The maximum atomic E-state index is 13.5. The summed E-state index contributed by atoms with van der Waals surface area (Å²) in [5.74, 6) is -1.12. The largest absolute Gasteiger partial charge is 0.378 e. The standard InChI is InChI=1S/C12H14F2N2OS/c1-8(3-4-18(2)17)16-12-10(13)5-9(7-15)6-11(12)14/h5-6,8,16H,3-4H2,1-2H3. The molecule has 2 atom stereocenters. The van der Waals surface area contributed by atoms with E-state index in [0.717, 1.165) is 12.1 Å². The molecule has 0 spiro atoms. The molecule has 1 aromatic rings. The molecule has 0 saturated carbocycles. The van der Waals surface area contributed by atoms with Gasteiger partial charge in [0.2, 0.25) is 0 Å². The van der Waals surface area contributed by atoms with Crippen molar-refractivity contribution < 1.29 is 13.0 Å². The lowest BCUT2D eigenvalue weighted by molar-refractivity contribution is 0.581. The summed E-state index contributed by atoms with van der Waals surface area (Å²) in [6.07, 6.45) is 2.12. The predicted octanol–water partition coefficient (Wildman–Crippen LogP) is 2.41. The number of nitriles is 1. The molecule has 1 rings (SSSR count). The van der Waals surface area contributed by atoms with Crippen LogP contribution in [0.25, 0.3) is 0 Å². The van der Waals surface area contributed by atoms with Crippen molar-refractivity contribution in [1.82, 2.24) is 0 Å². The third-order valence-electron chi connectivity index (χ3n) is 2.40. The van der Waals surface area contributed by atoms with E-state index in [1.165, 1.54) is 0 Å². The summed E-state index contributed by atoms with van der Waals surface area (Å²) < 4.78 is 38.0. The fourth-order valence-electron chi connectivity index (χ4n) is 1.44. The van der Waals surface area contributed by atoms with Crippen LogP contribution in [-0.2, 0) is 10.8 Å². The second-order valence-corrected chi connectivity index (χ2v) is 5.59. The van der Waals surface area contributed by atoms with Crippen LogP contribution < -0.4 is 5.32 Å². The van der Waals surface area contributed by atoms with E-state index in [2.05, 4.69) is 5.32 Å². The van der Waals surface area contributed by atoms with Crippen LogP contribution in [0, 0.1) is 23.0 Å². The summed E-state index contributed by atoms with van der Waals surface area (Å²) in [5.41, 5.74) is -0.304. The zero-order chi connectivity index (χ0) is 13.7. The molecule has 1 aromatic carbocycles. The number of hydrogen-bond acceptors (Lipinski definition) is 3. The maximum Gasteiger partial charge on any atom is 0.150 e. The van der Waals surface area contributed by atoms with E-state index in [1.807, 2.05) is 0 Å². The molecular weight excluding hydrogens is 258 g/mol. The van der Waals surface area contributed by atoms with Gasteiger partial charge >= 0.3 is 0 Å². The smallest absolute Gasteiger partial charge is 0.150 e. The molecule has 0 amide bonds. The second kappa shape index (κ2) is 6.45. The topological polar surface area (TPSA) is 52.9 Å². The molecule has 0 saturated heterocycles. The van der Waals surface area contributed by atoms with Crippen molar-refractivity contribution in [2.24, 2.45) is 0 Å². The van der Waals surface area contributed by atoms with Crippen LogP contribution in [0.4, 0.5) is 14.5 Å². The Kier molecular flexibility index (Phi) is 5.23. The Morgan fingerprint density at radius 1 is 1.44 bits per heavy atom. The fraction of sp³-hybridized carbons (Fsp3) is 0.417. The average molecular weight is 272 g/mol. The quantitative estimate of drug-likeness (QED) is 0.895. The minimum absolute atomic E-state index is 0.0575. The molecule has 0 aliphatic heterocycles. The summed E-state index contributed by atoms with van der Waals surface area (Å²) in [6.45, 7) is 1.75. The van der Waals surface area contributed by atoms with E-state index in [9.17, 15) is 13.0 Å². The monoisotopic (exact) mass is 272 g/mol. The minimum atomic E-state index is -0.930. The number of rotatable bonds is 5. The number of anilines is 1. The first kappa shape index (κ1) is 14.6. The molecule has 0 heterocycles. The summed E-state index contributed by atoms with van der Waals surface area (Å²) in [6, 6.07) is 3.44. The van der Waals surface area contributed by atoms with Crippen LogP contribution in [0.1, 0.15) is 18.9 Å². The molecular formula is C12H14F2N2OS. The van der Waals surface area contributed by atoms with E-state index in [0.29, 0.717) is 12.2 Å². The van der Waals surface area contributed by atoms with Crippen LogP contribution in [-0.4, -0.2) is 22.3 Å². The third kappa shape index (κ3) is 4.08. The van der Waals surface area contributed by atoms with Gasteiger partial charge in [-0.3, -0.25) is 4.21 Å². The fourth-order valence-corrected chi connectivity index (χ4v) is 2.12. The van der Waals surface area contributed by atoms with Crippen LogP contribution >= 0.6 is 0 Å². The Labute approximate surface area is 107 Å². The van der Waals surface area contributed by atoms with Crippen LogP contribution in [0.2, 0.25) is 0 Å². The van der Waals surface area contributed by atoms with Gasteiger partial charge in [0.1, 0.15) is 5.69 Å². The molecule has 2 unspecified atom stereocenters. The van der Waals surface area contributed by atoms with Gasteiger partial charge in [-0.05, 0) is 25.5 Å². The molecule has 0 fully saturated rings. The Morgan fingerprint density at radius 3 is 2.44 bits per heavy atom. The summed E-state index contributed by atoms with van der Waals surface area (Å²) in [5, 5.41) is 11.3. The third-order valence-corrected chi connectivity index (χ3v) is 3.21. The van der Waals surface area contributed by atoms with Crippen molar-refractivity contribution in [3.63, 3.8) is 0 Å². The first-order valence-corrected chi connectivity index (χ1v) is 7.12. The zero-order valence-corrected chi connectivity index (χ0v) is 11.0. The summed E-state index contributed by atoms with van der Waals surface area (Å²) >= 11 is 0. The first-order chi connectivity index (χ1) is 8.43. The van der Waals surface area contributed by atoms with Gasteiger partial charge in [0.05, 0.1) is 11.6 Å². The number of hydrogen-bond donors (Lipinski definition) is 1. The molecule has 0 aliphatic rings. The number of benzene rings is 1. The van der Waals surface area contributed by atoms with Crippen LogP contribution in [0.15, 0.2) is 12.1 Å². The maximum absolute atomic E-state index is 13.5. The van der Waals surface area contributed by atoms with Gasteiger partial charge in [-0.2, -0.15) is 5.26 Å². The Morgan fingerprint density at radius 2 is 2.00 bits per heavy atom. The lowest BCUT2D eigenvalue weighted by atomic mass is 10.1. The summed E-state index contributed by atoms with van der Waals surface area (Å²) in [7, 11) is -0.930. The molecule has 1 N–H and O–H groups in total. The second-order valence-electron chi connectivity index (χ2n) is 4.04. The zero-order valence-electron chi connectivity index (χ0n) is 10.2. The SMILES string of the molecule is CC(CCS(C)=O)Nc1c(F)cc(C#N)cc1F. The van der Waals surface area contributed by atoms with Crippen molar-refractivity contribution in [3.05, 3.63) is 29.3 Å². The lowest BCUT2D eigenvalue weighted by Gasteiger charge is -2.16. The van der Waals surface area contributed by atoms with Crippen molar-refractivity contribution in [2.45, 2.75) is 19.4 Å². The van der Waals surface area contributed by atoms with Crippen molar-refractivity contribution in [2.75, 3.05) is 17.3 Å². The van der Waals surface area contributed by atoms with Crippen LogP contribution in [0.5, 0.6) is 0 Å². The van der Waals surface area contributed by atoms with E-state index in [1.54, 1.807) is 19.2 Å². The Hall–Kier alpha value is -1.48. The van der Waals surface area contributed by atoms with Crippen molar-refractivity contribution in [3.8, 4) is 6.07 Å². The lowest BCUT2D eigenvalue weighted by Crippen LogP contribution is -2.19. The molecule has 3 nitrogen and oxygen atoms in total. The molecule has 0 aliphatic carbocycles. The predicted molar refractivity (Wildman–Crippen MR) is 67.7 cm³/mol. The van der Waals surface area contributed by atoms with E-state index in [-0.39, 0.29) is 17.3 Å². The highest BCUT2D eigenvalue weighted by atomic mass is 32.2. The normalized spacial score (nSPS) is 13.7. The molecule has 18 heavy (non-hydrogen) atoms. The summed E-state index contributed by atoms with van der Waals surface area (Å²) in [4.78, 5) is 0. The minimum Gasteiger partial charge on any atom is -0.378 e. The molecule has 0 bridgehead atoms. The van der Waals surface area contributed by atoms with Gasteiger partial charge in [-0.15, -0.1) is 0 Å². The van der Waals surface area contributed by atoms with Gasteiger partial charge in [0.15, 0.2) is 11.6 Å². The van der Waals surface area contributed by atoms with Gasteiger partial charge in [-0.1, -0.05) is 0 Å². The van der Waals surface area contributed by atoms with Crippen LogP contribution in [0.3, 0.4) is 0 Å². The van der Waals surface area contributed by atoms with E-state index >= 15 is 0 Å². The van der Waals surface area contributed by atoms with E-state index < -0.39 is 22.4 Å². The Balaban J connectivity index is 2.79. The van der Waals surface area contributed by atoms with Gasteiger partial charge < -0.3 is 5.32 Å². The van der Waals surface area contributed by atoms with Gasteiger partial charge in [0.25, 0.3) is 0 Å². The molecule has 6 heteroatoms. The number of nitrogens with zero attached hydrogens (tertiary/aromatic N) is 1. The first-order valence-electron chi connectivity index (χ1n) is 5.39. The molecule has 0 aromatic heterocycles. The molecule has 0 radical (unpaired) electrons. The number of halogens is 2. The molecule has 98 valence electrons. The highest BCUT2D eigenvalue weighted by Crippen LogP contribution is 2.21.